The van der Waals surface area contributed by atoms with Crippen LogP contribution in [0.5, 0.6) is 23.0 Å². The van der Waals surface area contributed by atoms with Gasteiger partial charge < -0.3 is 63.3 Å². The van der Waals surface area contributed by atoms with Gasteiger partial charge in [-0.25, -0.2) is 18.4 Å². The number of ether oxygens (including phenoxy) is 5. The Morgan fingerprint density at radius 1 is 0.531 bits per heavy atom. The Labute approximate surface area is 658 Å². The lowest BCUT2D eigenvalue weighted by atomic mass is 9.92. The molecule has 24 nitrogen and oxygen atoms in total. The van der Waals surface area contributed by atoms with Gasteiger partial charge >= 0.3 is 23.9 Å². The predicted molar refractivity (Wildman–Crippen MR) is 426 cm³/mol. The molecule has 28 heteroatoms. The number of carbonyl (C=O) groups excluding carboxylic acids is 3. The SMILES string of the molecule is COc1c(N2CC3CCCNC3C2)c(F)c(C)c2c(=O)c(C(=O)O)c(C)n(C3CC3)c12.COc1ccc2c(c1)c(CC(=O)O)c(C)n2C(=O)c1ccc(Cl)cc1.COc1ccc2c(c1)c(CC(=O)OCN1CCCC3CN(c4c(F)c(C)c5c(=O)c(C(=O)O)c(C)n(C6CC6)c5c4OC)CC31)c(C)n2C(=O)c1ccc(Cl)cc1. The molecule has 4 saturated heterocycles. The first-order valence-corrected chi connectivity index (χ1v) is 38.5. The minimum absolute atomic E-state index is 0.0181. The molecule has 0 amide bonds. The first-order valence-electron chi connectivity index (χ1n) is 37.8. The molecule has 16 rings (SSSR count). The van der Waals surface area contributed by atoms with E-state index in [9.17, 15) is 53.7 Å². The summed E-state index contributed by atoms with van der Waals surface area (Å²) in [5, 5.41) is 35.1. The van der Waals surface area contributed by atoms with Crippen molar-refractivity contribution in [3.05, 3.63) is 194 Å². The third-order valence-corrected chi connectivity index (χ3v) is 24.0. The number of fused-ring (bicyclic) bond motifs is 6. The third kappa shape index (κ3) is 14.4. The van der Waals surface area contributed by atoms with Gasteiger partial charge in [-0.2, -0.15) is 0 Å². The maximum Gasteiger partial charge on any atom is 0.341 e. The summed E-state index contributed by atoms with van der Waals surface area (Å²) >= 11 is 12.0. The van der Waals surface area contributed by atoms with E-state index in [1.807, 2.05) is 31.9 Å². The van der Waals surface area contributed by atoms with Gasteiger partial charge in [0.2, 0.25) is 10.9 Å². The lowest BCUT2D eigenvalue weighted by Crippen LogP contribution is -2.46. The second kappa shape index (κ2) is 31.6. The Hall–Kier alpha value is -10.8. The second-order valence-corrected chi connectivity index (χ2v) is 31.0. The average molecular weight is 1590 g/mol. The number of carboxylic acid groups (broad SMARTS) is 3. The molecule has 4 aromatic heterocycles. The smallest absolute Gasteiger partial charge is 0.341 e. The summed E-state index contributed by atoms with van der Waals surface area (Å²) in [5.41, 5.74) is 5.28. The van der Waals surface area contributed by atoms with Crippen molar-refractivity contribution >= 4 is 114 Å². The zero-order valence-corrected chi connectivity index (χ0v) is 65.9. The number of aromatic carboxylic acids is 2. The van der Waals surface area contributed by atoms with Crippen LogP contribution in [0.25, 0.3) is 43.6 Å². The van der Waals surface area contributed by atoms with Crippen molar-refractivity contribution in [2.24, 2.45) is 11.8 Å². The minimum Gasteiger partial charge on any atom is -0.497 e. The minimum atomic E-state index is -1.34. The topological polar surface area (TPSA) is 285 Å². The molecule has 6 fully saturated rings. The molecule has 2 saturated carbocycles. The Balaban J connectivity index is 0.000000158. The Morgan fingerprint density at radius 3 is 1.40 bits per heavy atom. The zero-order valence-electron chi connectivity index (χ0n) is 64.4. The van der Waals surface area contributed by atoms with Gasteiger partial charge in [-0.1, -0.05) is 23.2 Å². The number of halogens is 4. The number of esters is 1. The number of benzene rings is 6. The van der Waals surface area contributed by atoms with Crippen molar-refractivity contribution in [3.8, 4) is 23.0 Å². The average Bonchev–Trinajstić information content (AvgIpc) is 1.60. The van der Waals surface area contributed by atoms with E-state index in [2.05, 4.69) is 10.2 Å². The number of hydrogen-bond donors (Lipinski definition) is 4. The summed E-state index contributed by atoms with van der Waals surface area (Å²) < 4.78 is 67.8. The van der Waals surface area contributed by atoms with Crippen LogP contribution in [0.4, 0.5) is 20.2 Å². The lowest BCUT2D eigenvalue weighted by molar-refractivity contribution is -0.149. The number of hydrogen-bond acceptors (Lipinski definition) is 17. The Kier molecular flexibility index (Phi) is 22.1. The number of aromatic nitrogens is 4. The summed E-state index contributed by atoms with van der Waals surface area (Å²) in [5.74, 6) is -3.29. The molecule has 592 valence electrons. The highest BCUT2D eigenvalue weighted by Gasteiger charge is 2.45. The van der Waals surface area contributed by atoms with Crippen molar-refractivity contribution in [1.29, 1.82) is 0 Å². The fraction of sp³-hybridized carbons (Fsp3) is 0.388. The first-order chi connectivity index (χ1) is 54.1. The third-order valence-electron chi connectivity index (χ3n) is 23.5. The number of rotatable bonds is 18. The van der Waals surface area contributed by atoms with Crippen LogP contribution in [0.2, 0.25) is 10.0 Å². The number of nitrogens with one attached hydrogen (secondary N) is 1. The predicted octanol–water partition coefficient (Wildman–Crippen LogP) is 14.0. The van der Waals surface area contributed by atoms with E-state index in [1.54, 1.807) is 125 Å². The van der Waals surface area contributed by atoms with Gasteiger partial charge in [-0.05, 0) is 207 Å². The van der Waals surface area contributed by atoms with Gasteiger partial charge in [-0.15, -0.1) is 0 Å². The summed E-state index contributed by atoms with van der Waals surface area (Å²) in [4.78, 5) is 109. The number of carbonyl (C=O) groups is 6. The molecule has 0 bridgehead atoms. The van der Waals surface area contributed by atoms with E-state index < -0.39 is 46.4 Å². The van der Waals surface area contributed by atoms with Crippen LogP contribution < -0.4 is 44.9 Å². The normalized spacial score (nSPS) is 18.0. The van der Waals surface area contributed by atoms with Gasteiger partial charge in [0, 0.05) is 123 Å². The molecular formula is C85H88Cl2F2N8O16. The number of nitrogens with zero attached hydrogens (tertiary/aromatic N) is 7. The fourth-order valence-corrected chi connectivity index (χ4v) is 18.0. The summed E-state index contributed by atoms with van der Waals surface area (Å²) in [6.45, 7) is 14.0. The second-order valence-electron chi connectivity index (χ2n) is 30.1. The highest BCUT2D eigenvalue weighted by molar-refractivity contribution is 6.31. The van der Waals surface area contributed by atoms with Crippen molar-refractivity contribution in [1.82, 2.24) is 28.5 Å². The Morgan fingerprint density at radius 2 is 0.973 bits per heavy atom. The van der Waals surface area contributed by atoms with Gasteiger partial charge in [0.25, 0.3) is 11.8 Å². The molecule has 10 aromatic rings. The molecule has 4 unspecified atom stereocenters. The van der Waals surface area contributed by atoms with Gasteiger partial charge in [0.05, 0.1) is 74.1 Å². The summed E-state index contributed by atoms with van der Waals surface area (Å²) in [6.07, 6.45) is 7.15. The zero-order chi connectivity index (χ0) is 80.6. The molecule has 4 N–H and O–H groups in total. The van der Waals surface area contributed by atoms with Gasteiger partial charge in [0.15, 0.2) is 23.1 Å². The molecule has 2 aliphatic carbocycles. The van der Waals surface area contributed by atoms with E-state index >= 15 is 8.78 Å². The highest BCUT2D eigenvalue weighted by atomic mass is 35.5. The first kappa shape index (κ1) is 78.9. The fourth-order valence-electron chi connectivity index (χ4n) is 17.7. The quantitative estimate of drug-likeness (QED) is 0.0581. The number of likely N-dealkylation sites (tertiary alicyclic amines) is 1. The van der Waals surface area contributed by atoms with Crippen LogP contribution in [0.3, 0.4) is 0 Å². The molecular weight excluding hydrogens is 1500 g/mol. The molecule has 6 aromatic carbocycles. The molecule has 8 heterocycles. The van der Waals surface area contributed by atoms with Crippen molar-refractivity contribution < 1.29 is 76.6 Å². The number of carboxylic acids is 3. The molecule has 0 radical (unpaired) electrons. The maximum absolute atomic E-state index is 16.6. The van der Waals surface area contributed by atoms with Crippen LogP contribution in [0.1, 0.15) is 150 Å². The van der Waals surface area contributed by atoms with Crippen LogP contribution in [0.15, 0.2) is 94.5 Å². The van der Waals surface area contributed by atoms with E-state index in [1.165, 1.54) is 25.7 Å². The van der Waals surface area contributed by atoms with Gasteiger partial charge in [-0.3, -0.25) is 42.8 Å². The van der Waals surface area contributed by atoms with Crippen molar-refractivity contribution in [2.45, 2.75) is 130 Å². The number of pyridine rings is 2. The number of aryl methyl sites for hydroxylation is 2. The summed E-state index contributed by atoms with van der Waals surface area (Å²) in [7, 11) is 6.05. The van der Waals surface area contributed by atoms with E-state index in [-0.39, 0.29) is 99.9 Å². The van der Waals surface area contributed by atoms with Crippen LogP contribution in [-0.2, 0) is 27.2 Å². The molecule has 113 heavy (non-hydrogen) atoms. The number of aliphatic carboxylic acids is 1. The van der Waals surface area contributed by atoms with Crippen LogP contribution >= 0.6 is 23.2 Å². The molecule has 0 spiro atoms. The van der Waals surface area contributed by atoms with Crippen molar-refractivity contribution in [2.75, 3.05) is 84.2 Å². The number of anilines is 2. The largest absolute Gasteiger partial charge is 0.497 e. The monoisotopic (exact) mass is 1580 g/mol. The number of methoxy groups -OCH3 is 4. The molecule has 4 atom stereocenters. The maximum atomic E-state index is 16.6. The van der Waals surface area contributed by atoms with Gasteiger partial charge in [0.1, 0.15) is 40.7 Å². The van der Waals surface area contributed by atoms with E-state index in [0.29, 0.717) is 149 Å². The van der Waals surface area contributed by atoms with Crippen molar-refractivity contribution in [3.63, 3.8) is 0 Å². The number of piperidine rings is 2. The van der Waals surface area contributed by atoms with Crippen LogP contribution in [-0.4, -0.2) is 161 Å². The van der Waals surface area contributed by atoms with Crippen LogP contribution in [0, 0.1) is 65.0 Å². The lowest BCUT2D eigenvalue weighted by Gasteiger charge is -2.36. The molecule has 6 aliphatic rings. The molecule has 4 aliphatic heterocycles. The van der Waals surface area contributed by atoms with E-state index in [4.69, 9.17) is 46.9 Å². The highest BCUT2D eigenvalue weighted by Crippen LogP contribution is 2.50. The Bertz CT molecular complexity index is 5700. The summed E-state index contributed by atoms with van der Waals surface area (Å²) in [6, 6.07) is 24.2. The standard InChI is InChI=1S/C43H44ClFN4O8.C23H28FN3O4.C19H16ClNO4/c1-22-35-38(48(28-12-13-28)24(3)36(40(35)51)43(53)54)41(56-5)39(37(22)45)47-19-26-7-6-16-46(33(26)20-47)21-57-34(50)18-30-23(2)49(32-15-14-29(55-4)17-31(30)32)42(52)25-8-10-27(44)11-9-25;1-11-16-19(27(14-6-7-14)12(2)17(21(16)28)23(29)30)22(31-3)20(18(11)24)26-9-13-5-4-8-25-15(13)10-26;1-11-15(10-18(22)23)16-9-14(25-2)7-8-17(16)21(11)19(24)12-3-5-13(20)6-4-12/h8-11,14-15,17,26,28,33H,6-7,12-13,16,18-21H2,1-5H3,(H,53,54);13-15,25H,4-10H2,1-3H3,(H,29,30);3-9H,10H2,1-2H3,(H,22,23). The van der Waals surface area contributed by atoms with E-state index in [0.717, 1.165) is 64.5 Å².